The quantitative estimate of drug-likeness (QED) is 0.690. The van der Waals surface area contributed by atoms with Crippen LogP contribution in [0.15, 0.2) is 24.4 Å². The van der Waals surface area contributed by atoms with E-state index in [0.29, 0.717) is 19.6 Å². The average Bonchev–Trinajstić information content (AvgIpc) is 3.05. The van der Waals surface area contributed by atoms with Crippen LogP contribution in [0.5, 0.6) is 0 Å². The van der Waals surface area contributed by atoms with Gasteiger partial charge in [0.25, 0.3) is 5.91 Å². The van der Waals surface area contributed by atoms with Crippen LogP contribution in [0.2, 0.25) is 5.02 Å². The van der Waals surface area contributed by atoms with Crippen molar-refractivity contribution in [3.63, 3.8) is 0 Å². The standard InChI is InChI=1S/C18H20ClFN6O/c1-18(8-21)5-6-26(9-18)17(27)12-7-24-15(16(23)25-12)14(22)10-3-2-4-11(19)13(10)20/h2-4,7,22H,5-6,8-9,21H2,1H3,(H2,23,25). The molecule has 1 saturated heterocycles. The van der Waals surface area contributed by atoms with Crippen molar-refractivity contribution in [3.8, 4) is 0 Å². The second kappa shape index (κ2) is 7.21. The summed E-state index contributed by atoms with van der Waals surface area (Å²) in [6.07, 6.45) is 2.07. The van der Waals surface area contributed by atoms with Gasteiger partial charge in [-0.15, -0.1) is 0 Å². The Morgan fingerprint density at radius 3 is 2.85 bits per heavy atom. The highest BCUT2D eigenvalue weighted by molar-refractivity contribution is 6.31. The maximum absolute atomic E-state index is 14.2. The van der Waals surface area contributed by atoms with Crippen molar-refractivity contribution in [1.29, 1.82) is 5.41 Å². The zero-order chi connectivity index (χ0) is 19.8. The minimum Gasteiger partial charge on any atom is -0.382 e. The number of halogens is 2. The summed E-state index contributed by atoms with van der Waals surface area (Å²) < 4.78 is 14.2. The number of nitrogens with zero attached hydrogens (tertiary/aromatic N) is 3. The molecule has 0 spiro atoms. The molecule has 0 bridgehead atoms. The van der Waals surface area contributed by atoms with Gasteiger partial charge in [0.2, 0.25) is 0 Å². The Kier molecular flexibility index (Phi) is 5.12. The van der Waals surface area contributed by atoms with Crippen LogP contribution >= 0.6 is 11.6 Å². The third-order valence-electron chi connectivity index (χ3n) is 4.81. The largest absolute Gasteiger partial charge is 0.382 e. The van der Waals surface area contributed by atoms with Crippen molar-refractivity contribution in [2.45, 2.75) is 13.3 Å². The van der Waals surface area contributed by atoms with Crippen LogP contribution in [-0.4, -0.2) is 46.1 Å². The molecule has 1 amide bonds. The first-order valence-electron chi connectivity index (χ1n) is 8.41. The summed E-state index contributed by atoms with van der Waals surface area (Å²) in [5.74, 6) is -1.15. The molecule has 3 rings (SSSR count). The maximum Gasteiger partial charge on any atom is 0.274 e. The van der Waals surface area contributed by atoms with E-state index in [-0.39, 0.29) is 44.8 Å². The fourth-order valence-electron chi connectivity index (χ4n) is 3.05. The molecule has 1 aromatic heterocycles. The summed E-state index contributed by atoms with van der Waals surface area (Å²) in [7, 11) is 0. The van der Waals surface area contributed by atoms with Crippen LogP contribution in [-0.2, 0) is 0 Å². The Morgan fingerprint density at radius 2 is 2.22 bits per heavy atom. The normalized spacial score (nSPS) is 19.3. The molecule has 0 aliphatic carbocycles. The van der Waals surface area contributed by atoms with E-state index in [9.17, 15) is 9.18 Å². The maximum atomic E-state index is 14.2. The number of hydrogen-bond donors (Lipinski definition) is 3. The number of likely N-dealkylation sites (tertiary alicyclic amines) is 1. The van der Waals surface area contributed by atoms with Crippen LogP contribution in [0.3, 0.4) is 0 Å². The lowest BCUT2D eigenvalue weighted by Crippen LogP contribution is -2.35. The van der Waals surface area contributed by atoms with Crippen LogP contribution in [0.25, 0.3) is 0 Å². The molecule has 1 aliphatic heterocycles. The van der Waals surface area contributed by atoms with Crippen LogP contribution in [0.4, 0.5) is 10.2 Å². The first kappa shape index (κ1) is 19.2. The number of carbonyl (C=O) groups excluding carboxylic acids is 1. The van der Waals surface area contributed by atoms with E-state index in [4.69, 9.17) is 28.5 Å². The lowest BCUT2D eigenvalue weighted by molar-refractivity contribution is 0.0770. The Bertz CT molecular complexity index is 921. The van der Waals surface area contributed by atoms with Gasteiger partial charge in [0.15, 0.2) is 11.6 Å². The van der Waals surface area contributed by atoms with Gasteiger partial charge in [-0.1, -0.05) is 24.6 Å². The molecule has 1 aromatic carbocycles. The minimum absolute atomic E-state index is 0.0130. The Balaban J connectivity index is 1.85. The van der Waals surface area contributed by atoms with Gasteiger partial charge in [0.05, 0.1) is 16.9 Å². The second-order valence-corrected chi connectivity index (χ2v) is 7.36. The molecule has 2 aromatic rings. The van der Waals surface area contributed by atoms with Gasteiger partial charge >= 0.3 is 0 Å². The monoisotopic (exact) mass is 390 g/mol. The number of hydrogen-bond acceptors (Lipinski definition) is 6. The lowest BCUT2D eigenvalue weighted by atomic mass is 9.90. The predicted octanol–water partition coefficient (Wildman–Crippen LogP) is 2.08. The highest BCUT2D eigenvalue weighted by Gasteiger charge is 2.35. The number of benzene rings is 1. The highest BCUT2D eigenvalue weighted by atomic mass is 35.5. The van der Waals surface area contributed by atoms with E-state index in [1.165, 1.54) is 24.4 Å². The molecule has 1 aliphatic rings. The van der Waals surface area contributed by atoms with Crippen molar-refractivity contribution in [2.24, 2.45) is 11.1 Å². The van der Waals surface area contributed by atoms with Crippen molar-refractivity contribution >= 4 is 29.0 Å². The number of amides is 1. The second-order valence-electron chi connectivity index (χ2n) is 6.96. The van der Waals surface area contributed by atoms with Gasteiger partial charge < -0.3 is 16.4 Å². The Labute approximate surface area is 161 Å². The number of rotatable bonds is 4. The molecule has 1 atom stereocenters. The van der Waals surface area contributed by atoms with Gasteiger partial charge in [0, 0.05) is 18.7 Å². The summed E-state index contributed by atoms with van der Waals surface area (Å²) in [4.78, 5) is 22.5. The SMILES string of the molecule is CC1(CN)CCN(C(=O)c2cnc(C(=N)c3cccc(Cl)c3F)c(N)n2)C1. The third kappa shape index (κ3) is 3.63. The number of carbonyl (C=O) groups is 1. The third-order valence-corrected chi connectivity index (χ3v) is 5.11. The summed E-state index contributed by atoms with van der Waals surface area (Å²) in [6, 6.07) is 4.32. The number of nitrogen functional groups attached to an aromatic ring is 1. The van der Waals surface area contributed by atoms with Crippen LogP contribution < -0.4 is 11.5 Å². The fourth-order valence-corrected chi connectivity index (χ4v) is 3.22. The van der Waals surface area contributed by atoms with Gasteiger partial charge in [0.1, 0.15) is 11.4 Å². The zero-order valence-electron chi connectivity index (χ0n) is 14.8. The van der Waals surface area contributed by atoms with Gasteiger partial charge in [-0.05, 0) is 30.5 Å². The van der Waals surface area contributed by atoms with Gasteiger partial charge in [-0.3, -0.25) is 10.2 Å². The van der Waals surface area contributed by atoms with Crippen molar-refractivity contribution < 1.29 is 9.18 Å². The summed E-state index contributed by atoms with van der Waals surface area (Å²) in [6.45, 7) is 3.64. The molecular weight excluding hydrogens is 371 g/mol. The number of aromatic nitrogens is 2. The van der Waals surface area contributed by atoms with Gasteiger partial charge in [-0.25, -0.2) is 14.4 Å². The summed E-state index contributed by atoms with van der Waals surface area (Å²) >= 11 is 5.76. The van der Waals surface area contributed by atoms with Crippen molar-refractivity contribution in [2.75, 3.05) is 25.4 Å². The van der Waals surface area contributed by atoms with E-state index in [0.717, 1.165) is 6.42 Å². The number of nitrogens with one attached hydrogen (secondary N) is 1. The fraction of sp³-hybridized carbons (Fsp3) is 0.333. The zero-order valence-corrected chi connectivity index (χ0v) is 15.6. The van der Waals surface area contributed by atoms with Crippen LogP contribution in [0, 0.1) is 16.6 Å². The molecule has 1 unspecified atom stereocenters. The first-order valence-corrected chi connectivity index (χ1v) is 8.79. The van der Waals surface area contributed by atoms with E-state index >= 15 is 0 Å². The Hall–Kier alpha value is -2.58. The Morgan fingerprint density at radius 1 is 1.48 bits per heavy atom. The number of anilines is 1. The summed E-state index contributed by atoms with van der Waals surface area (Å²) in [5, 5.41) is 8.08. The lowest BCUT2D eigenvalue weighted by Gasteiger charge is -2.22. The highest BCUT2D eigenvalue weighted by Crippen LogP contribution is 2.29. The smallest absolute Gasteiger partial charge is 0.274 e. The van der Waals surface area contributed by atoms with Crippen LogP contribution in [0.1, 0.15) is 35.1 Å². The minimum atomic E-state index is -0.733. The van der Waals surface area contributed by atoms with Crippen molar-refractivity contribution in [3.05, 3.63) is 52.2 Å². The van der Waals surface area contributed by atoms with E-state index in [1.54, 1.807) is 4.90 Å². The molecule has 142 valence electrons. The van der Waals surface area contributed by atoms with Gasteiger partial charge in [-0.2, -0.15) is 0 Å². The number of nitrogens with two attached hydrogens (primary N) is 2. The summed E-state index contributed by atoms with van der Waals surface area (Å²) in [5.41, 5.74) is 11.3. The first-order chi connectivity index (χ1) is 12.8. The van der Waals surface area contributed by atoms with E-state index in [1.807, 2.05) is 6.92 Å². The molecule has 27 heavy (non-hydrogen) atoms. The molecule has 1 fully saturated rings. The average molecular weight is 391 g/mol. The van der Waals surface area contributed by atoms with E-state index in [2.05, 4.69) is 9.97 Å². The molecule has 7 nitrogen and oxygen atoms in total. The molecule has 5 N–H and O–H groups in total. The predicted molar refractivity (Wildman–Crippen MR) is 101 cm³/mol. The van der Waals surface area contributed by atoms with E-state index < -0.39 is 5.82 Å². The topological polar surface area (TPSA) is 122 Å². The molecule has 2 heterocycles. The molecule has 9 heteroatoms. The molecule has 0 saturated carbocycles. The molecule has 0 radical (unpaired) electrons. The van der Waals surface area contributed by atoms with Crippen molar-refractivity contribution in [1.82, 2.24) is 14.9 Å². The molecular formula is C18H20ClFN6O.